The van der Waals surface area contributed by atoms with Gasteiger partial charge in [-0.25, -0.2) is 0 Å². The van der Waals surface area contributed by atoms with Crippen molar-refractivity contribution in [3.05, 3.63) is 144 Å². The van der Waals surface area contributed by atoms with Gasteiger partial charge in [0.1, 0.15) is 29.5 Å². The summed E-state index contributed by atoms with van der Waals surface area (Å²) in [6.45, 7) is 4.01. The molecule has 3 aliphatic heterocycles. The van der Waals surface area contributed by atoms with Crippen molar-refractivity contribution in [3.63, 3.8) is 0 Å². The second-order valence-electron chi connectivity index (χ2n) is 10.7. The van der Waals surface area contributed by atoms with Gasteiger partial charge in [0.25, 0.3) is 0 Å². The zero-order valence-corrected chi connectivity index (χ0v) is 22.6. The molecule has 0 aliphatic carbocycles. The van der Waals surface area contributed by atoms with Crippen molar-refractivity contribution < 1.29 is 19.1 Å². The molecule has 1 saturated heterocycles. The lowest BCUT2D eigenvalue weighted by molar-refractivity contribution is -0.122. The molecule has 0 unspecified atom stereocenters. The predicted octanol–water partition coefficient (Wildman–Crippen LogP) is 5.63. The molecule has 4 atom stereocenters. The molecule has 1 fully saturated rings. The Bertz CT molecular complexity index is 1760. The summed E-state index contributed by atoms with van der Waals surface area (Å²) in [5, 5.41) is 3.06. The number of carbonyl (C=O) groups is 3. The number of Topliss-reactive ketones (excluding diaryl/α,β-unsaturated/α-hetero) is 2. The molecule has 3 aromatic carbocycles. The van der Waals surface area contributed by atoms with Gasteiger partial charge in [-0.2, -0.15) is 0 Å². The molecular weight excluding hydrogens is 526 g/mol. The summed E-state index contributed by atoms with van der Waals surface area (Å²) < 4.78 is 5.63. The summed E-state index contributed by atoms with van der Waals surface area (Å²) >= 11 is 0. The number of para-hydroxylation sites is 1. The highest BCUT2D eigenvalue weighted by molar-refractivity contribution is 6.16. The summed E-state index contributed by atoms with van der Waals surface area (Å²) in [6.07, 6.45) is 7.00. The molecule has 1 aromatic heterocycles. The number of ketones is 2. The third kappa shape index (κ3) is 3.66. The van der Waals surface area contributed by atoms with Gasteiger partial charge in [0.15, 0.2) is 5.78 Å². The Morgan fingerprint density at radius 2 is 1.71 bits per heavy atom. The van der Waals surface area contributed by atoms with Gasteiger partial charge >= 0.3 is 0 Å². The highest BCUT2D eigenvalue weighted by Gasteiger charge is 2.70. The molecule has 206 valence electrons. The van der Waals surface area contributed by atoms with E-state index in [1.165, 1.54) is 0 Å². The fourth-order valence-corrected chi connectivity index (χ4v) is 6.88. The van der Waals surface area contributed by atoms with Crippen molar-refractivity contribution in [2.45, 2.75) is 17.5 Å². The summed E-state index contributed by atoms with van der Waals surface area (Å²) in [4.78, 5) is 50.0. The van der Waals surface area contributed by atoms with Gasteiger partial charge in [0.2, 0.25) is 11.7 Å². The number of rotatable bonds is 7. The quantitative estimate of drug-likeness (QED) is 0.236. The van der Waals surface area contributed by atoms with E-state index in [9.17, 15) is 14.4 Å². The van der Waals surface area contributed by atoms with E-state index in [4.69, 9.17) is 4.74 Å². The maximum absolute atomic E-state index is 14.8. The van der Waals surface area contributed by atoms with Crippen LogP contribution in [0.1, 0.15) is 43.6 Å². The molecule has 4 heterocycles. The Hall–Kier alpha value is -5.30. The maximum Gasteiger partial charge on any atom is 0.238 e. The number of carbonyl (C=O) groups excluding carboxylic acids is 3. The molecular formula is C35H27N3O4. The van der Waals surface area contributed by atoms with Gasteiger partial charge in [-0.3, -0.25) is 19.4 Å². The average molecular weight is 554 g/mol. The van der Waals surface area contributed by atoms with Gasteiger partial charge in [0, 0.05) is 23.6 Å². The minimum absolute atomic E-state index is 0.239. The zero-order chi connectivity index (χ0) is 28.8. The average Bonchev–Trinajstić information content (AvgIpc) is 3.52. The van der Waals surface area contributed by atoms with Crippen LogP contribution in [0.4, 0.5) is 5.69 Å². The van der Waals surface area contributed by atoms with Crippen molar-refractivity contribution in [1.29, 1.82) is 0 Å². The molecule has 0 bridgehead atoms. The number of pyridine rings is 1. The van der Waals surface area contributed by atoms with Crippen LogP contribution < -0.4 is 10.1 Å². The standard InChI is InChI=1S/C35H27N3O4/c1-2-21-42-24-16-14-23(15-17-24)31(39)29-30(32(40)28-13-7-8-19-36-28)38-20-18-22-9-3-4-10-25(22)33(38)35(29)26-11-5-6-12-27(26)37-34(35)41/h2-20,29-30,33H,1,21H2,(H,37,41)/t29-,30+,33+,35+/m0/s1. The third-order valence-corrected chi connectivity index (χ3v) is 8.55. The number of fused-ring (bicyclic) bond motifs is 6. The lowest BCUT2D eigenvalue weighted by Gasteiger charge is -2.38. The van der Waals surface area contributed by atoms with Crippen LogP contribution >= 0.6 is 0 Å². The largest absolute Gasteiger partial charge is 0.490 e. The number of hydrogen-bond donors (Lipinski definition) is 1. The Labute approximate surface area is 243 Å². The molecule has 42 heavy (non-hydrogen) atoms. The lowest BCUT2D eigenvalue weighted by atomic mass is 9.62. The molecule has 4 aromatic rings. The first-order valence-corrected chi connectivity index (χ1v) is 13.8. The Kier molecular flexibility index (Phi) is 6.08. The molecule has 7 heteroatoms. The van der Waals surface area contributed by atoms with Gasteiger partial charge < -0.3 is 15.0 Å². The van der Waals surface area contributed by atoms with Crippen molar-refractivity contribution in [1.82, 2.24) is 9.88 Å². The molecule has 0 radical (unpaired) electrons. The van der Waals surface area contributed by atoms with E-state index in [-0.39, 0.29) is 23.2 Å². The van der Waals surface area contributed by atoms with E-state index in [0.29, 0.717) is 29.2 Å². The van der Waals surface area contributed by atoms with Crippen LogP contribution in [-0.2, 0) is 10.2 Å². The first-order valence-electron chi connectivity index (χ1n) is 13.8. The van der Waals surface area contributed by atoms with Crippen LogP contribution in [-0.4, -0.2) is 40.0 Å². The first-order chi connectivity index (χ1) is 20.6. The number of nitrogens with zero attached hydrogens (tertiary/aromatic N) is 2. The minimum atomic E-state index is -1.39. The number of amides is 1. The monoisotopic (exact) mass is 553 g/mol. The van der Waals surface area contributed by atoms with Gasteiger partial charge in [-0.05, 0) is 65.2 Å². The van der Waals surface area contributed by atoms with Crippen molar-refractivity contribution in [2.75, 3.05) is 11.9 Å². The Morgan fingerprint density at radius 1 is 0.952 bits per heavy atom. The topological polar surface area (TPSA) is 88.6 Å². The summed E-state index contributed by atoms with van der Waals surface area (Å²) in [5.41, 5.74) is 2.41. The van der Waals surface area contributed by atoms with Crippen LogP contribution in [0, 0.1) is 5.92 Å². The SMILES string of the molecule is C=CCOc1ccc(C(=O)[C@@H]2[C@H](C(=O)c3ccccn3)N3C=Cc4ccccc4[C@@H]3[C@]23C(=O)Nc2ccccc23)cc1. The number of aromatic nitrogens is 1. The molecule has 7 nitrogen and oxygen atoms in total. The van der Waals surface area contributed by atoms with Crippen LogP contribution in [0.3, 0.4) is 0 Å². The van der Waals surface area contributed by atoms with E-state index < -0.39 is 23.4 Å². The normalized spacial score (nSPS) is 23.1. The fraction of sp³-hybridized carbons (Fsp3) is 0.143. The highest BCUT2D eigenvalue weighted by Crippen LogP contribution is 2.62. The summed E-state index contributed by atoms with van der Waals surface area (Å²) in [5.74, 6) is -1.39. The van der Waals surface area contributed by atoms with Crippen molar-refractivity contribution in [3.8, 4) is 5.75 Å². The van der Waals surface area contributed by atoms with Crippen LogP contribution in [0.2, 0.25) is 0 Å². The van der Waals surface area contributed by atoms with Gasteiger partial charge in [-0.1, -0.05) is 61.2 Å². The number of anilines is 1. The lowest BCUT2D eigenvalue weighted by Crippen LogP contribution is -2.49. The zero-order valence-electron chi connectivity index (χ0n) is 22.6. The van der Waals surface area contributed by atoms with Crippen molar-refractivity contribution in [2.24, 2.45) is 5.92 Å². The summed E-state index contributed by atoms with van der Waals surface area (Å²) in [6, 6.07) is 25.7. The van der Waals surface area contributed by atoms with E-state index in [0.717, 1.165) is 11.1 Å². The summed E-state index contributed by atoms with van der Waals surface area (Å²) in [7, 11) is 0. The molecule has 1 N–H and O–H groups in total. The second-order valence-corrected chi connectivity index (χ2v) is 10.7. The maximum atomic E-state index is 14.8. The van der Waals surface area contributed by atoms with Crippen LogP contribution in [0.15, 0.2) is 116 Å². The van der Waals surface area contributed by atoms with E-state index in [2.05, 4.69) is 16.9 Å². The van der Waals surface area contributed by atoms with Crippen LogP contribution in [0.5, 0.6) is 5.75 Å². The molecule has 7 rings (SSSR count). The number of ether oxygens (including phenoxy) is 1. The Morgan fingerprint density at radius 3 is 2.50 bits per heavy atom. The fourth-order valence-electron chi connectivity index (χ4n) is 6.88. The molecule has 1 spiro atoms. The third-order valence-electron chi connectivity index (χ3n) is 8.55. The van der Waals surface area contributed by atoms with E-state index in [1.54, 1.807) is 54.7 Å². The predicted molar refractivity (Wildman–Crippen MR) is 159 cm³/mol. The van der Waals surface area contributed by atoms with E-state index >= 15 is 0 Å². The number of benzene rings is 3. The highest BCUT2D eigenvalue weighted by atomic mass is 16.5. The van der Waals surface area contributed by atoms with Crippen LogP contribution in [0.25, 0.3) is 6.08 Å². The Balaban J connectivity index is 1.48. The second kappa shape index (κ2) is 9.96. The van der Waals surface area contributed by atoms with E-state index in [1.807, 2.05) is 65.7 Å². The van der Waals surface area contributed by atoms with Gasteiger partial charge in [-0.15, -0.1) is 0 Å². The molecule has 3 aliphatic rings. The number of hydrogen-bond acceptors (Lipinski definition) is 6. The van der Waals surface area contributed by atoms with Crippen molar-refractivity contribution >= 4 is 29.2 Å². The number of nitrogens with one attached hydrogen (secondary N) is 1. The molecule has 0 saturated carbocycles. The minimum Gasteiger partial charge on any atom is -0.490 e. The van der Waals surface area contributed by atoms with Gasteiger partial charge in [0.05, 0.1) is 12.0 Å². The molecule has 1 amide bonds. The first kappa shape index (κ1) is 25.7. The smallest absolute Gasteiger partial charge is 0.238 e.